The van der Waals surface area contributed by atoms with Crippen LogP contribution in [0.3, 0.4) is 0 Å². The van der Waals surface area contributed by atoms with Crippen molar-refractivity contribution in [3.8, 4) is 5.75 Å². The molecule has 0 fully saturated rings. The van der Waals surface area contributed by atoms with Crippen LogP contribution in [0.1, 0.15) is 45.6 Å². The first-order valence-corrected chi connectivity index (χ1v) is 10.6. The molecule has 8 heteroatoms. The first kappa shape index (κ1) is 28.5. The van der Waals surface area contributed by atoms with Gasteiger partial charge in [0.1, 0.15) is 5.75 Å². The van der Waals surface area contributed by atoms with Crippen molar-refractivity contribution >= 4 is 35.8 Å². The van der Waals surface area contributed by atoms with Gasteiger partial charge in [0, 0.05) is 45.8 Å². The third kappa shape index (κ3) is 12.2. The SMILES string of the molecule is CCOCCCNC(=NCc1ccc(OC)cc1)NCCCC(=O)N(CC)CC.I. The summed E-state index contributed by atoms with van der Waals surface area (Å²) in [7, 11) is 1.66. The van der Waals surface area contributed by atoms with Gasteiger partial charge in [-0.2, -0.15) is 0 Å². The number of nitrogens with zero attached hydrogens (tertiary/aromatic N) is 2. The summed E-state index contributed by atoms with van der Waals surface area (Å²) >= 11 is 0. The highest BCUT2D eigenvalue weighted by molar-refractivity contribution is 14.0. The molecule has 0 bridgehead atoms. The molecule has 0 radical (unpaired) electrons. The molecular formula is C22H39IN4O3. The van der Waals surface area contributed by atoms with E-state index in [0.29, 0.717) is 19.5 Å². The van der Waals surface area contributed by atoms with Crippen molar-refractivity contribution < 1.29 is 14.3 Å². The van der Waals surface area contributed by atoms with Crippen molar-refractivity contribution in [3.05, 3.63) is 29.8 Å². The van der Waals surface area contributed by atoms with Gasteiger partial charge in [-0.25, -0.2) is 4.99 Å². The number of halogens is 1. The zero-order valence-electron chi connectivity index (χ0n) is 18.9. The molecule has 0 saturated heterocycles. The summed E-state index contributed by atoms with van der Waals surface area (Å²) in [5.41, 5.74) is 1.11. The Hall–Kier alpha value is -1.55. The van der Waals surface area contributed by atoms with E-state index in [2.05, 4.69) is 15.6 Å². The number of guanidine groups is 1. The third-order valence-electron chi connectivity index (χ3n) is 4.52. The van der Waals surface area contributed by atoms with Crippen LogP contribution in [-0.2, 0) is 16.1 Å². The van der Waals surface area contributed by atoms with Crippen LogP contribution in [0, 0.1) is 0 Å². The number of carbonyl (C=O) groups is 1. The Bertz CT molecular complexity index is 593. The Balaban J connectivity index is 0.00000841. The lowest BCUT2D eigenvalue weighted by molar-refractivity contribution is -0.130. The summed E-state index contributed by atoms with van der Waals surface area (Å²) in [6.45, 7) is 11.1. The number of nitrogens with one attached hydrogen (secondary N) is 2. The van der Waals surface area contributed by atoms with Crippen molar-refractivity contribution in [3.63, 3.8) is 0 Å². The van der Waals surface area contributed by atoms with Crippen molar-refractivity contribution in [2.24, 2.45) is 4.99 Å². The van der Waals surface area contributed by atoms with E-state index in [1.807, 2.05) is 49.9 Å². The molecule has 0 spiro atoms. The molecule has 30 heavy (non-hydrogen) atoms. The van der Waals surface area contributed by atoms with Gasteiger partial charge >= 0.3 is 0 Å². The number of amides is 1. The van der Waals surface area contributed by atoms with Crippen LogP contribution >= 0.6 is 24.0 Å². The molecular weight excluding hydrogens is 495 g/mol. The van der Waals surface area contributed by atoms with Crippen LogP contribution in [0.4, 0.5) is 0 Å². The molecule has 2 N–H and O–H groups in total. The van der Waals surface area contributed by atoms with Gasteiger partial charge in [0.15, 0.2) is 5.96 Å². The molecule has 1 aromatic carbocycles. The van der Waals surface area contributed by atoms with Crippen molar-refractivity contribution in [2.75, 3.05) is 46.5 Å². The quantitative estimate of drug-likeness (QED) is 0.166. The van der Waals surface area contributed by atoms with E-state index in [1.165, 1.54) is 0 Å². The lowest BCUT2D eigenvalue weighted by atomic mass is 10.2. The molecule has 7 nitrogen and oxygen atoms in total. The number of ether oxygens (including phenoxy) is 2. The normalized spacial score (nSPS) is 10.9. The molecule has 0 aliphatic heterocycles. The Morgan fingerprint density at radius 1 is 1.03 bits per heavy atom. The van der Waals surface area contributed by atoms with Crippen LogP contribution < -0.4 is 15.4 Å². The van der Waals surface area contributed by atoms with Crippen LogP contribution in [0.25, 0.3) is 0 Å². The second kappa shape index (κ2) is 18.2. The highest BCUT2D eigenvalue weighted by Crippen LogP contribution is 2.11. The molecule has 0 aliphatic rings. The van der Waals surface area contributed by atoms with Gasteiger partial charge in [-0.3, -0.25) is 4.79 Å². The minimum absolute atomic E-state index is 0. The van der Waals surface area contributed by atoms with E-state index >= 15 is 0 Å². The maximum atomic E-state index is 12.1. The molecule has 172 valence electrons. The minimum atomic E-state index is 0. The molecule has 1 rings (SSSR count). The predicted octanol–water partition coefficient (Wildman–Crippen LogP) is 3.42. The Kier molecular flexibility index (Phi) is 17.3. The van der Waals surface area contributed by atoms with Crippen LogP contribution in [0.15, 0.2) is 29.3 Å². The fourth-order valence-electron chi connectivity index (χ4n) is 2.78. The van der Waals surface area contributed by atoms with Gasteiger partial charge in [0.25, 0.3) is 0 Å². The van der Waals surface area contributed by atoms with E-state index in [0.717, 1.165) is 63.0 Å². The van der Waals surface area contributed by atoms with E-state index in [1.54, 1.807) is 7.11 Å². The van der Waals surface area contributed by atoms with Gasteiger partial charge in [-0.15, -0.1) is 24.0 Å². The maximum absolute atomic E-state index is 12.1. The topological polar surface area (TPSA) is 75.2 Å². The predicted molar refractivity (Wildman–Crippen MR) is 134 cm³/mol. The zero-order chi connectivity index (χ0) is 21.3. The largest absolute Gasteiger partial charge is 0.497 e. The van der Waals surface area contributed by atoms with Crippen LogP contribution in [-0.4, -0.2) is 63.3 Å². The maximum Gasteiger partial charge on any atom is 0.222 e. The smallest absolute Gasteiger partial charge is 0.222 e. The summed E-state index contributed by atoms with van der Waals surface area (Å²) in [5.74, 6) is 1.80. The third-order valence-corrected chi connectivity index (χ3v) is 4.52. The second-order valence-electron chi connectivity index (χ2n) is 6.59. The number of carbonyl (C=O) groups excluding carboxylic acids is 1. The summed E-state index contributed by atoms with van der Waals surface area (Å²) in [6.07, 6.45) is 2.24. The number of benzene rings is 1. The molecule has 0 saturated carbocycles. The van der Waals surface area contributed by atoms with Crippen molar-refractivity contribution in [2.45, 2.75) is 46.6 Å². The highest BCUT2D eigenvalue weighted by atomic mass is 127. The average Bonchev–Trinajstić information content (AvgIpc) is 2.75. The van der Waals surface area contributed by atoms with Crippen LogP contribution in [0.5, 0.6) is 5.75 Å². The molecule has 0 atom stereocenters. The monoisotopic (exact) mass is 534 g/mol. The number of aliphatic imine (C=N–C) groups is 1. The minimum Gasteiger partial charge on any atom is -0.497 e. The van der Waals surface area contributed by atoms with E-state index in [9.17, 15) is 4.79 Å². The molecule has 0 aliphatic carbocycles. The average molecular weight is 534 g/mol. The number of hydrogen-bond acceptors (Lipinski definition) is 4. The van der Waals surface area contributed by atoms with Gasteiger partial charge in [-0.05, 0) is 51.3 Å². The number of methoxy groups -OCH3 is 1. The zero-order valence-corrected chi connectivity index (χ0v) is 21.2. The first-order valence-electron chi connectivity index (χ1n) is 10.6. The molecule has 0 aromatic heterocycles. The fraction of sp³-hybridized carbons (Fsp3) is 0.636. The summed E-state index contributed by atoms with van der Waals surface area (Å²) < 4.78 is 10.6. The van der Waals surface area contributed by atoms with Crippen LogP contribution in [0.2, 0.25) is 0 Å². The van der Waals surface area contributed by atoms with E-state index < -0.39 is 0 Å². The second-order valence-corrected chi connectivity index (χ2v) is 6.59. The lowest BCUT2D eigenvalue weighted by Crippen LogP contribution is -2.39. The van der Waals surface area contributed by atoms with Gasteiger partial charge < -0.3 is 25.0 Å². The summed E-state index contributed by atoms with van der Waals surface area (Å²) in [4.78, 5) is 18.6. The molecule has 1 aromatic rings. The van der Waals surface area contributed by atoms with E-state index in [-0.39, 0.29) is 29.9 Å². The molecule has 0 unspecified atom stereocenters. The van der Waals surface area contributed by atoms with Crippen molar-refractivity contribution in [1.29, 1.82) is 0 Å². The Morgan fingerprint density at radius 3 is 2.23 bits per heavy atom. The number of rotatable bonds is 14. The van der Waals surface area contributed by atoms with Gasteiger partial charge in [0.2, 0.25) is 5.91 Å². The van der Waals surface area contributed by atoms with Crippen molar-refractivity contribution in [1.82, 2.24) is 15.5 Å². The molecule has 0 heterocycles. The van der Waals surface area contributed by atoms with Gasteiger partial charge in [0.05, 0.1) is 13.7 Å². The summed E-state index contributed by atoms with van der Waals surface area (Å²) in [6, 6.07) is 7.90. The Labute approximate surface area is 199 Å². The number of hydrogen-bond donors (Lipinski definition) is 2. The highest BCUT2D eigenvalue weighted by Gasteiger charge is 2.08. The first-order chi connectivity index (χ1) is 14.1. The summed E-state index contributed by atoms with van der Waals surface area (Å²) in [5, 5.41) is 6.68. The fourth-order valence-corrected chi connectivity index (χ4v) is 2.78. The lowest BCUT2D eigenvalue weighted by Gasteiger charge is -2.18. The van der Waals surface area contributed by atoms with E-state index in [4.69, 9.17) is 9.47 Å². The standard InChI is InChI=1S/C22H38N4O3.HI/c1-5-26(6-2)21(27)10-8-15-23-22(24-16-9-17-29-7-3)25-18-19-11-13-20(28-4)14-12-19;/h11-14H,5-10,15-18H2,1-4H3,(H2,23,24,25);1H. The Morgan fingerprint density at radius 2 is 1.67 bits per heavy atom. The molecule has 1 amide bonds. The van der Waals surface area contributed by atoms with Gasteiger partial charge in [-0.1, -0.05) is 12.1 Å².